The molecule has 0 saturated carbocycles. The molecular weight excluding hydrogens is 264 g/mol. The Hall–Kier alpha value is -1.36. The molecule has 1 aromatic carbocycles. The maximum absolute atomic E-state index is 12.2. The van der Waals surface area contributed by atoms with Crippen LogP contribution in [-0.4, -0.2) is 24.4 Å². The monoisotopic (exact) mass is 277 g/mol. The molecule has 1 aromatic rings. The molecule has 0 saturated heterocycles. The fourth-order valence-corrected chi connectivity index (χ4v) is 1.66. The zero-order valence-electron chi connectivity index (χ0n) is 9.83. The number of carbonyl (C=O) groups excluding carboxylic acids is 1. The van der Waals surface area contributed by atoms with Gasteiger partial charge in [-0.1, -0.05) is 19.1 Å². The molecular formula is C12H14ClF2NO2. The van der Waals surface area contributed by atoms with E-state index in [2.05, 4.69) is 10.1 Å². The highest BCUT2D eigenvalue weighted by Gasteiger charge is 2.17. The molecule has 3 nitrogen and oxygen atoms in total. The average molecular weight is 278 g/mol. The molecule has 0 heterocycles. The van der Waals surface area contributed by atoms with Gasteiger partial charge in [0.2, 0.25) is 0 Å². The minimum atomic E-state index is -2.96. The molecule has 0 radical (unpaired) electrons. The number of carbonyl (C=O) groups is 1. The molecule has 1 N–H and O–H groups in total. The number of rotatable bonds is 6. The largest absolute Gasteiger partial charge is 0.434 e. The zero-order valence-corrected chi connectivity index (χ0v) is 10.6. The normalized spacial score (nSPS) is 12.3. The third-order valence-electron chi connectivity index (χ3n) is 2.36. The maximum atomic E-state index is 12.2. The topological polar surface area (TPSA) is 38.3 Å². The van der Waals surface area contributed by atoms with Crippen LogP contribution < -0.4 is 10.1 Å². The highest BCUT2D eigenvalue weighted by molar-refractivity contribution is 6.18. The van der Waals surface area contributed by atoms with E-state index in [0.717, 1.165) is 0 Å². The van der Waals surface area contributed by atoms with Gasteiger partial charge in [-0.3, -0.25) is 4.79 Å². The molecule has 100 valence electrons. The van der Waals surface area contributed by atoms with Gasteiger partial charge < -0.3 is 10.1 Å². The summed E-state index contributed by atoms with van der Waals surface area (Å²) < 4.78 is 28.7. The van der Waals surface area contributed by atoms with Crippen molar-refractivity contribution >= 4 is 17.5 Å². The number of halogens is 3. The molecule has 6 heteroatoms. The Labute approximate surface area is 109 Å². The van der Waals surface area contributed by atoms with Crippen molar-refractivity contribution in [3.8, 4) is 5.75 Å². The lowest BCUT2D eigenvalue weighted by molar-refractivity contribution is -0.0501. The smallest absolute Gasteiger partial charge is 0.387 e. The van der Waals surface area contributed by atoms with E-state index in [4.69, 9.17) is 11.6 Å². The zero-order chi connectivity index (χ0) is 13.5. The predicted molar refractivity (Wildman–Crippen MR) is 65.3 cm³/mol. The second-order valence-electron chi connectivity index (χ2n) is 3.61. The molecule has 0 aliphatic heterocycles. The van der Waals surface area contributed by atoms with Gasteiger partial charge in [0.1, 0.15) is 5.75 Å². The van der Waals surface area contributed by atoms with Crippen LogP contribution in [0.3, 0.4) is 0 Å². The lowest BCUT2D eigenvalue weighted by Crippen LogP contribution is -2.35. The molecule has 1 atom stereocenters. The molecule has 1 unspecified atom stereocenters. The summed E-state index contributed by atoms with van der Waals surface area (Å²) in [4.78, 5) is 11.9. The first-order valence-electron chi connectivity index (χ1n) is 5.49. The fourth-order valence-electron chi connectivity index (χ4n) is 1.37. The SMILES string of the molecule is CCC(CCl)NC(=O)c1ccccc1OC(F)F. The Bertz CT molecular complexity index is 397. The summed E-state index contributed by atoms with van der Waals surface area (Å²) in [5.74, 6) is -0.353. The van der Waals surface area contributed by atoms with Gasteiger partial charge in [0, 0.05) is 11.9 Å². The summed E-state index contributed by atoms with van der Waals surface area (Å²) in [7, 11) is 0. The van der Waals surface area contributed by atoms with Crippen molar-refractivity contribution in [3.05, 3.63) is 29.8 Å². The van der Waals surface area contributed by atoms with Crippen molar-refractivity contribution in [2.24, 2.45) is 0 Å². The summed E-state index contributed by atoms with van der Waals surface area (Å²) in [6.45, 7) is -1.09. The summed E-state index contributed by atoms with van der Waals surface area (Å²) >= 11 is 5.66. The number of amides is 1. The molecule has 0 aromatic heterocycles. The minimum Gasteiger partial charge on any atom is -0.434 e. The molecule has 0 fully saturated rings. The summed E-state index contributed by atoms with van der Waals surface area (Å²) in [5.41, 5.74) is 0.0707. The van der Waals surface area contributed by atoms with E-state index < -0.39 is 12.5 Å². The summed E-state index contributed by atoms with van der Waals surface area (Å²) in [6.07, 6.45) is 0.660. The fraction of sp³-hybridized carbons (Fsp3) is 0.417. The first-order valence-corrected chi connectivity index (χ1v) is 6.02. The van der Waals surface area contributed by atoms with Gasteiger partial charge in [-0.15, -0.1) is 11.6 Å². The molecule has 0 spiro atoms. The van der Waals surface area contributed by atoms with Gasteiger partial charge in [0.15, 0.2) is 0 Å². The first-order chi connectivity index (χ1) is 8.58. The minimum absolute atomic E-state index is 0.0707. The Kier molecular flexibility index (Phi) is 5.85. The van der Waals surface area contributed by atoms with Crippen molar-refractivity contribution in [2.75, 3.05) is 5.88 Å². The van der Waals surface area contributed by atoms with Crippen LogP contribution in [0.1, 0.15) is 23.7 Å². The number of nitrogens with one attached hydrogen (secondary N) is 1. The standard InChI is InChI=1S/C12H14ClF2NO2/c1-2-8(7-13)16-11(17)9-5-3-4-6-10(9)18-12(14)15/h3-6,8,12H,2,7H2,1H3,(H,16,17). The Balaban J connectivity index is 2.84. The van der Waals surface area contributed by atoms with Crippen molar-refractivity contribution in [1.82, 2.24) is 5.32 Å². The van der Waals surface area contributed by atoms with E-state index in [1.54, 1.807) is 6.07 Å². The predicted octanol–water partition coefficient (Wildman–Crippen LogP) is 3.04. The lowest BCUT2D eigenvalue weighted by Gasteiger charge is -2.15. The van der Waals surface area contributed by atoms with Crippen LogP contribution in [0, 0.1) is 0 Å². The summed E-state index contributed by atoms with van der Waals surface area (Å²) in [5, 5.41) is 2.65. The third kappa shape index (κ3) is 4.14. The van der Waals surface area contributed by atoms with E-state index >= 15 is 0 Å². The van der Waals surface area contributed by atoms with Crippen LogP contribution in [0.2, 0.25) is 0 Å². The number of hydrogen-bond acceptors (Lipinski definition) is 2. The van der Waals surface area contributed by atoms with E-state index in [1.165, 1.54) is 18.2 Å². The number of alkyl halides is 3. The van der Waals surface area contributed by atoms with Crippen molar-refractivity contribution in [3.63, 3.8) is 0 Å². The van der Waals surface area contributed by atoms with Gasteiger partial charge in [-0.05, 0) is 18.6 Å². The Morgan fingerprint density at radius 3 is 2.67 bits per heavy atom. The number of ether oxygens (including phenoxy) is 1. The number of benzene rings is 1. The Morgan fingerprint density at radius 2 is 2.11 bits per heavy atom. The van der Waals surface area contributed by atoms with Gasteiger partial charge in [0.25, 0.3) is 5.91 Å². The van der Waals surface area contributed by atoms with Crippen LogP contribution in [0.25, 0.3) is 0 Å². The Morgan fingerprint density at radius 1 is 1.44 bits per heavy atom. The maximum Gasteiger partial charge on any atom is 0.387 e. The lowest BCUT2D eigenvalue weighted by atomic mass is 10.1. The molecule has 0 aliphatic rings. The van der Waals surface area contributed by atoms with Crippen molar-refractivity contribution in [2.45, 2.75) is 26.0 Å². The van der Waals surface area contributed by atoms with Gasteiger partial charge in [-0.2, -0.15) is 8.78 Å². The first kappa shape index (κ1) is 14.7. The van der Waals surface area contributed by atoms with Crippen LogP contribution in [0.5, 0.6) is 5.75 Å². The molecule has 1 rings (SSSR count). The van der Waals surface area contributed by atoms with E-state index in [-0.39, 0.29) is 23.2 Å². The van der Waals surface area contributed by atoms with Crippen LogP contribution >= 0.6 is 11.6 Å². The van der Waals surface area contributed by atoms with Gasteiger partial charge in [0.05, 0.1) is 5.56 Å². The molecule has 1 amide bonds. The van der Waals surface area contributed by atoms with Gasteiger partial charge in [-0.25, -0.2) is 0 Å². The quantitative estimate of drug-likeness (QED) is 0.812. The second-order valence-corrected chi connectivity index (χ2v) is 3.92. The van der Waals surface area contributed by atoms with Crippen LogP contribution in [0.4, 0.5) is 8.78 Å². The van der Waals surface area contributed by atoms with E-state index in [9.17, 15) is 13.6 Å². The number of para-hydroxylation sites is 1. The molecule has 18 heavy (non-hydrogen) atoms. The third-order valence-corrected chi connectivity index (χ3v) is 2.73. The highest BCUT2D eigenvalue weighted by Crippen LogP contribution is 2.20. The second kappa shape index (κ2) is 7.16. The van der Waals surface area contributed by atoms with Crippen LogP contribution in [0.15, 0.2) is 24.3 Å². The summed E-state index contributed by atoms with van der Waals surface area (Å²) in [6, 6.07) is 5.65. The highest BCUT2D eigenvalue weighted by atomic mass is 35.5. The van der Waals surface area contributed by atoms with Crippen LogP contribution in [-0.2, 0) is 0 Å². The molecule has 0 bridgehead atoms. The van der Waals surface area contributed by atoms with E-state index in [1.807, 2.05) is 6.92 Å². The van der Waals surface area contributed by atoms with Gasteiger partial charge >= 0.3 is 6.61 Å². The van der Waals surface area contributed by atoms with Crippen molar-refractivity contribution in [1.29, 1.82) is 0 Å². The van der Waals surface area contributed by atoms with Crippen molar-refractivity contribution < 1.29 is 18.3 Å². The average Bonchev–Trinajstić information content (AvgIpc) is 2.35. The molecule has 0 aliphatic carbocycles. The van der Waals surface area contributed by atoms with E-state index in [0.29, 0.717) is 6.42 Å². The number of hydrogen-bond donors (Lipinski definition) is 1.